The number of aromatic nitrogens is 3. The van der Waals surface area contributed by atoms with Crippen molar-refractivity contribution in [1.82, 2.24) is 14.2 Å². The van der Waals surface area contributed by atoms with Crippen LogP contribution in [0.4, 0.5) is 0 Å². The van der Waals surface area contributed by atoms with E-state index < -0.39 is 0 Å². The maximum atomic E-state index is 13.0. The van der Waals surface area contributed by atoms with Crippen LogP contribution in [0.3, 0.4) is 0 Å². The zero-order valence-electron chi connectivity index (χ0n) is 15.1. The Kier molecular flexibility index (Phi) is 4.80. The maximum absolute atomic E-state index is 13.0. The van der Waals surface area contributed by atoms with Crippen LogP contribution in [0.1, 0.15) is 18.3 Å². The Morgan fingerprint density at radius 3 is 2.86 bits per heavy atom. The van der Waals surface area contributed by atoms with Crippen LogP contribution in [0.25, 0.3) is 21.8 Å². The smallest absolute Gasteiger partial charge is 0.282 e. The zero-order valence-corrected chi connectivity index (χ0v) is 16.7. The highest BCUT2D eigenvalue weighted by Crippen LogP contribution is 2.20. The van der Waals surface area contributed by atoms with Gasteiger partial charge in [-0.05, 0) is 24.3 Å². The lowest BCUT2D eigenvalue weighted by Crippen LogP contribution is -2.22. The van der Waals surface area contributed by atoms with Crippen LogP contribution in [0.2, 0.25) is 0 Å². The fraction of sp³-hybridized carbons (Fsp3) is 0.143. The molecule has 0 N–H and O–H groups in total. The molecule has 6 nitrogen and oxygen atoms in total. The SMILES string of the molecule is CCc1nc2ccc(Br)cc2c(=O)n1N=Cc1cn(CC#N)c2ccccc12. The van der Waals surface area contributed by atoms with E-state index in [1.807, 2.05) is 54.1 Å². The van der Waals surface area contributed by atoms with Crippen LogP contribution in [0, 0.1) is 11.3 Å². The summed E-state index contributed by atoms with van der Waals surface area (Å²) in [5.74, 6) is 0.594. The molecular weight excluding hydrogens is 418 g/mol. The molecule has 0 aliphatic rings. The van der Waals surface area contributed by atoms with Crippen molar-refractivity contribution < 1.29 is 0 Å². The summed E-state index contributed by atoms with van der Waals surface area (Å²) in [6.07, 6.45) is 4.11. The van der Waals surface area contributed by atoms with Gasteiger partial charge in [-0.3, -0.25) is 4.79 Å². The minimum absolute atomic E-state index is 0.208. The third kappa shape index (κ3) is 3.12. The van der Waals surface area contributed by atoms with Gasteiger partial charge in [0, 0.05) is 33.6 Å². The van der Waals surface area contributed by atoms with E-state index in [-0.39, 0.29) is 12.1 Å². The van der Waals surface area contributed by atoms with Crippen molar-refractivity contribution in [3.8, 4) is 6.07 Å². The lowest BCUT2D eigenvalue weighted by Gasteiger charge is -2.07. The van der Waals surface area contributed by atoms with Gasteiger partial charge in [0.05, 0.1) is 23.2 Å². The van der Waals surface area contributed by atoms with Gasteiger partial charge in [-0.2, -0.15) is 15.0 Å². The summed E-state index contributed by atoms with van der Waals surface area (Å²) < 4.78 is 4.04. The Labute approximate surface area is 169 Å². The molecule has 7 heteroatoms. The Bertz CT molecular complexity index is 1330. The molecule has 4 rings (SSSR count). The molecule has 0 radical (unpaired) electrons. The number of aryl methyl sites for hydroxylation is 1. The predicted octanol–water partition coefficient (Wildman–Crippen LogP) is 4.08. The first-order valence-electron chi connectivity index (χ1n) is 8.82. The molecule has 2 aromatic heterocycles. The van der Waals surface area contributed by atoms with E-state index in [0.717, 1.165) is 20.9 Å². The van der Waals surface area contributed by atoms with Crippen molar-refractivity contribution >= 4 is 44.0 Å². The lowest BCUT2D eigenvalue weighted by atomic mass is 10.2. The van der Waals surface area contributed by atoms with Crippen molar-refractivity contribution in [1.29, 1.82) is 5.26 Å². The molecule has 2 heterocycles. The Hall–Kier alpha value is -3.24. The van der Waals surface area contributed by atoms with Gasteiger partial charge < -0.3 is 4.57 Å². The summed E-state index contributed by atoms with van der Waals surface area (Å²) in [5, 5.41) is 15.0. The second kappa shape index (κ2) is 7.41. The molecule has 0 amide bonds. The number of rotatable bonds is 4. The van der Waals surface area contributed by atoms with Crippen molar-refractivity contribution in [3.63, 3.8) is 0 Å². The predicted molar refractivity (Wildman–Crippen MR) is 114 cm³/mol. The first kappa shape index (κ1) is 18.1. The molecule has 2 aromatic carbocycles. The average molecular weight is 434 g/mol. The second-order valence-electron chi connectivity index (χ2n) is 6.29. The highest BCUT2D eigenvalue weighted by atomic mass is 79.9. The van der Waals surface area contributed by atoms with Crippen LogP contribution in [-0.2, 0) is 13.0 Å². The van der Waals surface area contributed by atoms with Gasteiger partial charge in [0.15, 0.2) is 0 Å². The van der Waals surface area contributed by atoms with Gasteiger partial charge in [0.25, 0.3) is 5.56 Å². The minimum Gasteiger partial charge on any atom is -0.333 e. The summed E-state index contributed by atoms with van der Waals surface area (Å²) in [6.45, 7) is 2.19. The van der Waals surface area contributed by atoms with Crippen LogP contribution < -0.4 is 5.56 Å². The standard InChI is InChI=1S/C21H16BrN5O/c1-2-20-25-18-8-7-15(22)11-17(18)21(28)27(20)24-12-14-13-26(10-9-23)19-6-4-3-5-16(14)19/h3-8,11-13H,2,10H2,1H3. The summed E-state index contributed by atoms with van der Waals surface area (Å²) in [7, 11) is 0. The van der Waals surface area contributed by atoms with Crippen molar-refractivity contribution in [2.75, 3.05) is 0 Å². The third-order valence-corrected chi connectivity index (χ3v) is 5.06. The van der Waals surface area contributed by atoms with Gasteiger partial charge in [0.1, 0.15) is 12.4 Å². The molecule has 4 aromatic rings. The summed E-state index contributed by atoms with van der Waals surface area (Å²) in [4.78, 5) is 17.6. The summed E-state index contributed by atoms with van der Waals surface area (Å²) in [5.41, 5.74) is 2.24. The fourth-order valence-corrected chi connectivity index (χ4v) is 3.61. The number of benzene rings is 2. The molecular formula is C21H16BrN5O. The molecule has 0 fully saturated rings. The Morgan fingerprint density at radius 2 is 2.07 bits per heavy atom. The molecule has 0 saturated heterocycles. The normalized spacial score (nSPS) is 11.5. The monoisotopic (exact) mass is 433 g/mol. The second-order valence-corrected chi connectivity index (χ2v) is 7.21. The van der Waals surface area contributed by atoms with E-state index in [1.165, 1.54) is 4.68 Å². The van der Waals surface area contributed by atoms with Crippen LogP contribution in [0.5, 0.6) is 0 Å². The van der Waals surface area contributed by atoms with Crippen molar-refractivity contribution in [3.05, 3.63) is 74.9 Å². The molecule has 0 aliphatic carbocycles. The quantitative estimate of drug-likeness (QED) is 0.454. The van der Waals surface area contributed by atoms with Crippen molar-refractivity contribution in [2.45, 2.75) is 19.9 Å². The lowest BCUT2D eigenvalue weighted by molar-refractivity contribution is 0.734. The molecule has 0 atom stereocenters. The van der Waals surface area contributed by atoms with E-state index in [0.29, 0.717) is 23.1 Å². The van der Waals surface area contributed by atoms with E-state index >= 15 is 0 Å². The van der Waals surface area contributed by atoms with Crippen LogP contribution >= 0.6 is 15.9 Å². The number of hydrogen-bond donors (Lipinski definition) is 0. The molecule has 0 spiro atoms. The number of hydrogen-bond acceptors (Lipinski definition) is 4. The zero-order chi connectivity index (χ0) is 19.7. The molecule has 0 unspecified atom stereocenters. The van der Waals surface area contributed by atoms with Crippen LogP contribution in [0.15, 0.2) is 63.0 Å². The highest BCUT2D eigenvalue weighted by molar-refractivity contribution is 9.10. The number of nitriles is 1. The van der Waals surface area contributed by atoms with E-state index in [1.54, 1.807) is 12.3 Å². The van der Waals surface area contributed by atoms with Gasteiger partial charge in [-0.25, -0.2) is 4.98 Å². The van der Waals surface area contributed by atoms with Gasteiger partial charge in [-0.1, -0.05) is 41.1 Å². The Balaban J connectivity index is 1.88. The fourth-order valence-electron chi connectivity index (χ4n) is 3.25. The number of nitrogens with zero attached hydrogens (tertiary/aromatic N) is 5. The molecule has 138 valence electrons. The van der Waals surface area contributed by atoms with E-state index in [9.17, 15) is 4.79 Å². The molecule has 28 heavy (non-hydrogen) atoms. The third-order valence-electron chi connectivity index (χ3n) is 4.56. The van der Waals surface area contributed by atoms with Gasteiger partial charge in [0.2, 0.25) is 0 Å². The Morgan fingerprint density at radius 1 is 1.25 bits per heavy atom. The molecule has 0 aliphatic heterocycles. The van der Waals surface area contributed by atoms with E-state index in [2.05, 4.69) is 32.1 Å². The minimum atomic E-state index is -0.208. The topological polar surface area (TPSA) is 76.0 Å². The maximum Gasteiger partial charge on any atom is 0.282 e. The number of fused-ring (bicyclic) bond motifs is 2. The van der Waals surface area contributed by atoms with Crippen LogP contribution in [-0.4, -0.2) is 20.4 Å². The summed E-state index contributed by atoms with van der Waals surface area (Å²) >= 11 is 3.40. The van der Waals surface area contributed by atoms with Gasteiger partial charge >= 0.3 is 0 Å². The molecule has 0 saturated carbocycles. The number of halogens is 1. The molecule has 0 bridgehead atoms. The largest absolute Gasteiger partial charge is 0.333 e. The van der Waals surface area contributed by atoms with Crippen molar-refractivity contribution in [2.24, 2.45) is 5.10 Å². The highest BCUT2D eigenvalue weighted by Gasteiger charge is 2.11. The van der Waals surface area contributed by atoms with Gasteiger partial charge in [-0.15, -0.1) is 0 Å². The number of para-hydroxylation sites is 1. The van der Waals surface area contributed by atoms with E-state index in [4.69, 9.17) is 5.26 Å². The summed E-state index contributed by atoms with van der Waals surface area (Å²) in [6, 6.07) is 15.4. The first-order chi connectivity index (χ1) is 13.6. The first-order valence-corrected chi connectivity index (χ1v) is 9.62. The average Bonchev–Trinajstić information content (AvgIpc) is 3.06.